The summed E-state index contributed by atoms with van der Waals surface area (Å²) in [6.07, 6.45) is 2.39. The number of hydrogen-bond acceptors (Lipinski definition) is 3. The lowest BCUT2D eigenvalue weighted by molar-refractivity contribution is -0.126. The highest BCUT2D eigenvalue weighted by atomic mass is 32.1. The Morgan fingerprint density at radius 2 is 1.90 bits per heavy atom. The molecular formula is C24H29N3O2S. The van der Waals surface area contributed by atoms with E-state index < -0.39 is 0 Å². The molecule has 1 saturated heterocycles. The number of nitrogens with zero attached hydrogens (tertiary/aromatic N) is 2. The molecule has 0 spiro atoms. The number of aromatic nitrogens is 1. The number of aryl methyl sites for hydroxylation is 1. The first-order valence-corrected chi connectivity index (χ1v) is 11.6. The maximum atomic E-state index is 13.1. The fourth-order valence-corrected chi connectivity index (χ4v) is 5.16. The van der Waals surface area contributed by atoms with E-state index in [1.165, 1.54) is 16.7 Å². The molecule has 2 aromatic heterocycles. The minimum Gasteiger partial charge on any atom is -0.353 e. The van der Waals surface area contributed by atoms with Crippen molar-refractivity contribution >= 4 is 34.1 Å². The maximum absolute atomic E-state index is 13.1. The van der Waals surface area contributed by atoms with Gasteiger partial charge in [0, 0.05) is 36.1 Å². The van der Waals surface area contributed by atoms with E-state index in [1.807, 2.05) is 36.1 Å². The average Bonchev–Trinajstić information content (AvgIpc) is 3.36. The fourth-order valence-electron chi connectivity index (χ4n) is 4.11. The number of benzene rings is 1. The third-order valence-electron chi connectivity index (χ3n) is 6.07. The number of thiophene rings is 1. The van der Waals surface area contributed by atoms with Gasteiger partial charge in [0.2, 0.25) is 5.91 Å². The van der Waals surface area contributed by atoms with Crippen LogP contribution in [0.25, 0.3) is 15.9 Å². The van der Waals surface area contributed by atoms with Gasteiger partial charge in [-0.25, -0.2) is 0 Å². The number of para-hydroxylation sites is 1. The summed E-state index contributed by atoms with van der Waals surface area (Å²) in [4.78, 5) is 28.1. The van der Waals surface area contributed by atoms with Gasteiger partial charge in [0.15, 0.2) is 0 Å². The summed E-state index contributed by atoms with van der Waals surface area (Å²) < 4.78 is 2.21. The van der Waals surface area contributed by atoms with Crippen molar-refractivity contribution in [2.24, 2.45) is 5.92 Å². The highest BCUT2D eigenvalue weighted by Gasteiger charge is 2.29. The number of hydrogen-bond donors (Lipinski definition) is 1. The Kier molecular flexibility index (Phi) is 5.95. The van der Waals surface area contributed by atoms with Crippen LogP contribution in [0.15, 0.2) is 42.5 Å². The van der Waals surface area contributed by atoms with Gasteiger partial charge in [-0.1, -0.05) is 25.1 Å². The smallest absolute Gasteiger partial charge is 0.263 e. The second kappa shape index (κ2) is 8.64. The quantitative estimate of drug-likeness (QED) is 0.643. The number of rotatable bonds is 5. The molecule has 30 heavy (non-hydrogen) atoms. The second-order valence-corrected chi connectivity index (χ2v) is 9.26. The second-order valence-electron chi connectivity index (χ2n) is 8.20. The Balaban J connectivity index is 1.44. The van der Waals surface area contributed by atoms with E-state index >= 15 is 0 Å². The van der Waals surface area contributed by atoms with Crippen LogP contribution in [0.2, 0.25) is 0 Å². The molecule has 0 saturated carbocycles. The summed E-state index contributed by atoms with van der Waals surface area (Å²) in [5.74, 6) is 0.210. The SMILES string of the molecule is CC[C@H](C)NC(=O)C1CCN(C(=O)c2ccc(-n3c(C)cc4ccccc43)s2)CC1. The standard InChI is InChI=1S/C24H29N3O2S/c1-4-16(2)25-23(28)18-11-13-26(14-12-18)24(29)21-9-10-22(30-21)27-17(3)15-19-7-5-6-8-20(19)27/h5-10,15-16,18H,4,11-14H2,1-3H3,(H,25,28)/t16-/m0/s1. The highest BCUT2D eigenvalue weighted by molar-refractivity contribution is 7.16. The lowest BCUT2D eigenvalue weighted by Crippen LogP contribution is -2.44. The van der Waals surface area contributed by atoms with Crippen LogP contribution in [0.4, 0.5) is 0 Å². The molecular weight excluding hydrogens is 394 g/mol. The Bertz CT molecular complexity index is 1060. The van der Waals surface area contributed by atoms with E-state index in [9.17, 15) is 9.59 Å². The monoisotopic (exact) mass is 423 g/mol. The first-order chi connectivity index (χ1) is 14.5. The number of nitrogens with one attached hydrogen (secondary N) is 1. The topological polar surface area (TPSA) is 54.3 Å². The number of carbonyl (C=O) groups excluding carboxylic acids is 2. The van der Waals surface area contributed by atoms with Crippen molar-refractivity contribution in [2.45, 2.75) is 46.1 Å². The van der Waals surface area contributed by atoms with Crippen LogP contribution < -0.4 is 5.32 Å². The van der Waals surface area contributed by atoms with Crippen LogP contribution >= 0.6 is 11.3 Å². The van der Waals surface area contributed by atoms with Crippen molar-refractivity contribution in [1.82, 2.24) is 14.8 Å². The maximum Gasteiger partial charge on any atom is 0.263 e. The molecule has 1 aliphatic rings. The van der Waals surface area contributed by atoms with Crippen molar-refractivity contribution in [3.63, 3.8) is 0 Å². The van der Waals surface area contributed by atoms with Gasteiger partial charge in [-0.3, -0.25) is 9.59 Å². The zero-order valence-electron chi connectivity index (χ0n) is 17.9. The van der Waals surface area contributed by atoms with E-state index in [4.69, 9.17) is 0 Å². The van der Waals surface area contributed by atoms with Gasteiger partial charge in [-0.2, -0.15) is 0 Å². The zero-order valence-corrected chi connectivity index (χ0v) is 18.7. The highest BCUT2D eigenvalue weighted by Crippen LogP contribution is 2.30. The van der Waals surface area contributed by atoms with Crippen LogP contribution in [0.1, 0.15) is 48.5 Å². The number of carbonyl (C=O) groups is 2. The van der Waals surface area contributed by atoms with Crippen molar-refractivity contribution in [3.05, 3.63) is 53.0 Å². The summed E-state index contributed by atoms with van der Waals surface area (Å²) in [5, 5.41) is 5.33. The summed E-state index contributed by atoms with van der Waals surface area (Å²) in [7, 11) is 0. The molecule has 1 aliphatic heterocycles. The zero-order chi connectivity index (χ0) is 21.3. The molecule has 1 N–H and O–H groups in total. The van der Waals surface area contributed by atoms with Crippen molar-refractivity contribution in [3.8, 4) is 5.00 Å². The van der Waals surface area contributed by atoms with Gasteiger partial charge in [-0.15, -0.1) is 11.3 Å². The molecule has 3 aromatic rings. The molecule has 0 radical (unpaired) electrons. The third kappa shape index (κ3) is 4.01. The van der Waals surface area contributed by atoms with Crippen LogP contribution in [0, 0.1) is 12.8 Å². The van der Waals surface area contributed by atoms with E-state index in [-0.39, 0.29) is 23.8 Å². The molecule has 0 unspecified atom stereocenters. The lowest BCUT2D eigenvalue weighted by atomic mass is 9.95. The number of fused-ring (bicyclic) bond motifs is 1. The molecule has 0 aliphatic carbocycles. The van der Waals surface area contributed by atoms with Crippen molar-refractivity contribution in [2.75, 3.05) is 13.1 Å². The summed E-state index contributed by atoms with van der Waals surface area (Å²) in [5.41, 5.74) is 2.31. The van der Waals surface area contributed by atoms with Crippen LogP contribution in [0.5, 0.6) is 0 Å². The largest absolute Gasteiger partial charge is 0.353 e. The van der Waals surface area contributed by atoms with Gasteiger partial charge in [0.1, 0.15) is 5.00 Å². The Labute approximate surface area is 181 Å². The van der Waals surface area contributed by atoms with Gasteiger partial charge < -0.3 is 14.8 Å². The van der Waals surface area contributed by atoms with Gasteiger partial charge in [0.25, 0.3) is 5.91 Å². The average molecular weight is 424 g/mol. The summed E-state index contributed by atoms with van der Waals surface area (Å²) >= 11 is 1.53. The third-order valence-corrected chi connectivity index (χ3v) is 7.13. The van der Waals surface area contributed by atoms with Crippen LogP contribution in [-0.2, 0) is 4.79 Å². The first kappa shape index (κ1) is 20.7. The Hall–Kier alpha value is -2.60. The Morgan fingerprint density at radius 1 is 1.17 bits per heavy atom. The number of likely N-dealkylation sites (tertiary alicyclic amines) is 1. The number of piperidine rings is 1. The van der Waals surface area contributed by atoms with E-state index in [0.717, 1.165) is 40.4 Å². The van der Waals surface area contributed by atoms with Crippen LogP contribution in [-0.4, -0.2) is 40.4 Å². The minimum absolute atomic E-state index is 0.0100. The van der Waals surface area contributed by atoms with Gasteiger partial charge >= 0.3 is 0 Å². The minimum atomic E-state index is 0.0100. The van der Waals surface area contributed by atoms with E-state index in [1.54, 1.807) is 0 Å². The molecule has 3 heterocycles. The first-order valence-electron chi connectivity index (χ1n) is 10.7. The predicted octanol–water partition coefficient (Wildman–Crippen LogP) is 4.77. The van der Waals surface area contributed by atoms with E-state index in [2.05, 4.69) is 41.9 Å². The Morgan fingerprint density at radius 3 is 2.63 bits per heavy atom. The number of amides is 2. The van der Waals surface area contributed by atoms with Gasteiger partial charge in [0.05, 0.1) is 10.4 Å². The normalized spacial score (nSPS) is 16.0. The fraction of sp³-hybridized carbons (Fsp3) is 0.417. The molecule has 5 nitrogen and oxygen atoms in total. The summed E-state index contributed by atoms with van der Waals surface area (Å²) in [6, 6.07) is 14.6. The lowest BCUT2D eigenvalue weighted by Gasteiger charge is -2.31. The molecule has 4 rings (SSSR count). The molecule has 2 amide bonds. The summed E-state index contributed by atoms with van der Waals surface area (Å²) in [6.45, 7) is 7.46. The molecule has 1 fully saturated rings. The van der Waals surface area contributed by atoms with E-state index in [0.29, 0.717) is 13.1 Å². The van der Waals surface area contributed by atoms with Crippen molar-refractivity contribution < 1.29 is 9.59 Å². The van der Waals surface area contributed by atoms with Gasteiger partial charge in [-0.05, 0) is 57.4 Å². The van der Waals surface area contributed by atoms with Crippen molar-refractivity contribution in [1.29, 1.82) is 0 Å². The molecule has 6 heteroatoms. The van der Waals surface area contributed by atoms with Crippen LogP contribution in [0.3, 0.4) is 0 Å². The molecule has 158 valence electrons. The predicted molar refractivity (Wildman–Crippen MR) is 122 cm³/mol. The molecule has 0 bridgehead atoms. The molecule has 1 aromatic carbocycles. The molecule has 1 atom stereocenters.